The summed E-state index contributed by atoms with van der Waals surface area (Å²) in [5, 5.41) is 0. The van der Waals surface area contributed by atoms with Crippen LogP contribution in [0.1, 0.15) is 0 Å². The highest BCUT2D eigenvalue weighted by atomic mass is 32.2. The van der Waals surface area contributed by atoms with Gasteiger partial charge >= 0.3 is 19.2 Å². The minimum Gasteiger partial charge on any atom is -0.224 e. The van der Waals surface area contributed by atoms with Gasteiger partial charge in [-0.2, -0.15) is 13.2 Å². The first kappa shape index (κ1) is 12.8. The van der Waals surface area contributed by atoms with Crippen molar-refractivity contribution in [1.82, 2.24) is 0 Å². The van der Waals surface area contributed by atoms with Crippen LogP contribution in [-0.4, -0.2) is 33.0 Å². The average Bonchev–Trinajstić information content (AvgIpc) is 1.80. The Morgan fingerprint density at radius 2 is 1.77 bits per heavy atom. The highest BCUT2D eigenvalue weighted by Gasteiger charge is 2.61. The van der Waals surface area contributed by atoms with E-state index in [4.69, 9.17) is 0 Å². The zero-order valence-electron chi connectivity index (χ0n) is 6.70. The lowest BCUT2D eigenvalue weighted by atomic mass is 10.8. The van der Waals surface area contributed by atoms with E-state index in [2.05, 4.69) is 4.52 Å². The van der Waals surface area contributed by atoms with Crippen molar-refractivity contribution >= 4 is 17.9 Å². The predicted octanol–water partition coefficient (Wildman–Crippen LogP) is 1.31. The van der Waals surface area contributed by atoms with E-state index >= 15 is 0 Å². The van der Waals surface area contributed by atoms with Gasteiger partial charge in [-0.25, -0.2) is 8.42 Å². The third kappa shape index (κ3) is 3.58. The zero-order valence-corrected chi connectivity index (χ0v) is 8.41. The normalized spacial score (nSPS) is 16.8. The summed E-state index contributed by atoms with van der Waals surface area (Å²) >= 11 is 0. The molecule has 0 aliphatic rings. The number of sulfone groups is 1. The molecule has 4 nitrogen and oxygen atoms in total. The Morgan fingerprint density at radius 3 is 1.85 bits per heavy atom. The van der Waals surface area contributed by atoms with Gasteiger partial charge in [0.1, 0.15) is 0 Å². The Morgan fingerprint density at radius 1 is 1.38 bits per heavy atom. The highest BCUT2D eigenvalue weighted by Crippen LogP contribution is 2.42. The molecule has 0 N–H and O–H groups in total. The van der Waals surface area contributed by atoms with Gasteiger partial charge in [-0.1, -0.05) is 0 Å². The summed E-state index contributed by atoms with van der Waals surface area (Å²) in [5.74, 6) is 0. The number of rotatable bonds is 3. The number of alkyl halides is 3. The molecule has 0 aliphatic carbocycles. The van der Waals surface area contributed by atoms with Crippen LogP contribution < -0.4 is 0 Å². The molecular weight excluding hydrogens is 232 g/mol. The molecule has 13 heavy (non-hydrogen) atoms. The van der Waals surface area contributed by atoms with Crippen LogP contribution in [-0.2, 0) is 18.9 Å². The zero-order chi connectivity index (χ0) is 10.9. The summed E-state index contributed by atoms with van der Waals surface area (Å²) in [6.07, 6.45) is -4.71. The third-order valence-electron chi connectivity index (χ3n) is 1.06. The maximum atomic E-state index is 12.0. The van der Waals surface area contributed by atoms with Crippen LogP contribution in [0.5, 0.6) is 0 Å². The molecule has 0 aromatic rings. The predicted molar refractivity (Wildman–Crippen MR) is 39.3 cm³/mol. The largest absolute Gasteiger partial charge is 0.537 e. The summed E-state index contributed by atoms with van der Waals surface area (Å²) in [4.78, 5) is -2.94. The third-order valence-corrected chi connectivity index (χ3v) is 4.84. The molecule has 0 aromatic carbocycles. The van der Waals surface area contributed by atoms with Crippen LogP contribution in [0.15, 0.2) is 0 Å². The lowest BCUT2D eigenvalue weighted by Crippen LogP contribution is -2.33. The monoisotopic (exact) mass is 239 g/mol. The number of halogens is 3. The Balaban J connectivity index is 5.14. The van der Waals surface area contributed by atoms with Gasteiger partial charge in [0.25, 0.3) is 0 Å². The summed E-state index contributed by atoms with van der Waals surface area (Å²) in [6.45, 7) is 0. The van der Waals surface area contributed by atoms with Crippen LogP contribution in [0.25, 0.3) is 0 Å². The average molecular weight is 239 g/mol. The standard InChI is InChI=1S/C4H7F3O4PS/c1-11-12(8)3(4(5,6)7)13(2,9)10/h3H,1-2H3/q+1. The number of hydrogen-bond acceptors (Lipinski definition) is 4. The van der Waals surface area contributed by atoms with Crippen LogP contribution in [0, 0.1) is 0 Å². The van der Waals surface area contributed by atoms with E-state index in [-0.39, 0.29) is 0 Å². The van der Waals surface area contributed by atoms with Crippen molar-refractivity contribution in [2.24, 2.45) is 0 Å². The molecule has 0 saturated heterocycles. The molecule has 2 atom stereocenters. The van der Waals surface area contributed by atoms with E-state index in [0.717, 1.165) is 7.11 Å². The van der Waals surface area contributed by atoms with Crippen LogP contribution in [0.2, 0.25) is 0 Å². The Kier molecular flexibility index (Phi) is 3.83. The topological polar surface area (TPSA) is 60.4 Å². The van der Waals surface area contributed by atoms with Gasteiger partial charge < -0.3 is 0 Å². The Bertz CT molecular complexity index is 295. The van der Waals surface area contributed by atoms with Gasteiger partial charge in [-0.3, -0.25) is 0 Å². The first-order valence-corrected chi connectivity index (χ1v) is 6.07. The van der Waals surface area contributed by atoms with Gasteiger partial charge in [-0.15, -0.1) is 4.52 Å². The highest BCUT2D eigenvalue weighted by molar-refractivity contribution is 7.96. The molecule has 78 valence electrons. The molecule has 0 aliphatic heterocycles. The van der Waals surface area contributed by atoms with Crippen molar-refractivity contribution < 1.29 is 30.7 Å². The van der Waals surface area contributed by atoms with Crippen LogP contribution in [0.4, 0.5) is 13.2 Å². The summed E-state index contributed by atoms with van der Waals surface area (Å²) in [5.41, 5.74) is 0. The van der Waals surface area contributed by atoms with Crippen molar-refractivity contribution in [1.29, 1.82) is 0 Å². The van der Waals surface area contributed by atoms with Crippen LogP contribution in [0.3, 0.4) is 0 Å². The molecule has 0 aromatic heterocycles. The smallest absolute Gasteiger partial charge is 0.224 e. The summed E-state index contributed by atoms with van der Waals surface area (Å²) < 4.78 is 71.7. The van der Waals surface area contributed by atoms with Gasteiger partial charge in [0.05, 0.1) is 7.11 Å². The molecule has 0 fully saturated rings. The van der Waals surface area contributed by atoms with Crippen molar-refractivity contribution in [3.63, 3.8) is 0 Å². The molecule has 0 saturated carbocycles. The fourth-order valence-electron chi connectivity index (χ4n) is 0.614. The summed E-state index contributed by atoms with van der Waals surface area (Å²) in [6, 6.07) is 0. The van der Waals surface area contributed by atoms with Crippen molar-refractivity contribution in [2.45, 2.75) is 11.2 Å². The molecule has 0 rings (SSSR count). The second kappa shape index (κ2) is 3.89. The van der Waals surface area contributed by atoms with E-state index in [1.165, 1.54) is 0 Å². The lowest BCUT2D eigenvalue weighted by molar-refractivity contribution is -0.116. The van der Waals surface area contributed by atoms with E-state index < -0.39 is 29.0 Å². The molecular formula is C4H7F3O4PS+. The lowest BCUT2D eigenvalue weighted by Gasteiger charge is -2.07. The van der Waals surface area contributed by atoms with Crippen molar-refractivity contribution in [2.75, 3.05) is 13.4 Å². The van der Waals surface area contributed by atoms with Crippen LogP contribution >= 0.6 is 8.03 Å². The molecule has 2 unspecified atom stereocenters. The fourth-order valence-corrected chi connectivity index (χ4v) is 3.04. The van der Waals surface area contributed by atoms with Crippen molar-refractivity contribution in [3.05, 3.63) is 0 Å². The molecule has 9 heteroatoms. The first-order valence-electron chi connectivity index (χ1n) is 2.86. The minimum absolute atomic E-state index is 0.359. The maximum Gasteiger partial charge on any atom is 0.537 e. The van der Waals surface area contributed by atoms with Crippen molar-refractivity contribution in [3.8, 4) is 0 Å². The number of hydrogen-bond donors (Lipinski definition) is 0. The maximum absolute atomic E-state index is 12.0. The SMILES string of the molecule is CO[P+](=O)C(C(F)(F)F)S(C)(=O)=O. The Hall–Kier alpha value is -0.200. The van der Waals surface area contributed by atoms with Gasteiger partial charge in [0, 0.05) is 6.26 Å². The Labute approximate surface area is 73.9 Å². The van der Waals surface area contributed by atoms with E-state index in [1.54, 1.807) is 0 Å². The fraction of sp³-hybridized carbons (Fsp3) is 1.00. The second-order valence-electron chi connectivity index (χ2n) is 2.19. The molecule has 0 amide bonds. The molecule has 0 spiro atoms. The van der Waals surface area contributed by atoms with E-state index in [0.29, 0.717) is 6.26 Å². The molecule has 0 heterocycles. The molecule has 0 bridgehead atoms. The van der Waals surface area contributed by atoms with E-state index in [9.17, 15) is 26.2 Å². The second-order valence-corrected chi connectivity index (χ2v) is 6.12. The van der Waals surface area contributed by atoms with E-state index in [1.807, 2.05) is 0 Å². The van der Waals surface area contributed by atoms with Gasteiger partial charge in [0.2, 0.25) is 9.84 Å². The first-order chi connectivity index (χ1) is 5.60. The van der Waals surface area contributed by atoms with Gasteiger partial charge in [-0.05, 0) is 4.57 Å². The quantitative estimate of drug-likeness (QED) is 0.696. The van der Waals surface area contributed by atoms with Gasteiger partial charge in [0.15, 0.2) is 0 Å². The molecule has 0 radical (unpaired) electrons. The summed E-state index contributed by atoms with van der Waals surface area (Å²) in [7, 11) is -7.00. The minimum atomic E-state index is -5.07.